The number of rotatable bonds is 2. The van der Waals surface area contributed by atoms with Crippen molar-refractivity contribution in [3.05, 3.63) is 29.8 Å². The third-order valence-electron chi connectivity index (χ3n) is 4.63. The fourth-order valence-corrected chi connectivity index (χ4v) is 3.32. The van der Waals surface area contributed by atoms with Gasteiger partial charge in [0.1, 0.15) is 5.82 Å². The molecule has 2 aromatic rings. The summed E-state index contributed by atoms with van der Waals surface area (Å²) in [5.74, 6) is 0.689. The Hall–Kier alpha value is -2.47. The molecule has 2 aliphatic rings. The lowest BCUT2D eigenvalue weighted by Crippen LogP contribution is -2.36. The number of hydrogen-bond acceptors (Lipinski definition) is 5. The van der Waals surface area contributed by atoms with E-state index in [1.54, 1.807) is 6.07 Å². The number of aryl methyl sites for hydroxylation is 1. The van der Waals surface area contributed by atoms with Gasteiger partial charge in [0.05, 0.1) is 24.4 Å². The van der Waals surface area contributed by atoms with Crippen molar-refractivity contribution in [2.45, 2.75) is 19.8 Å². The molecule has 0 unspecified atom stereocenters. The van der Waals surface area contributed by atoms with E-state index in [0.29, 0.717) is 18.5 Å². The van der Waals surface area contributed by atoms with E-state index in [1.165, 1.54) is 4.90 Å². The Balaban J connectivity index is 1.74. The van der Waals surface area contributed by atoms with Crippen LogP contribution < -0.4 is 9.80 Å². The fourth-order valence-electron chi connectivity index (χ4n) is 3.32. The number of carbonyl (C=O) groups excluding carboxylic acids is 2. The molecule has 6 heteroatoms. The molecule has 0 radical (unpaired) electrons. The largest absolute Gasteiger partial charge is 0.378 e. The molecule has 0 atom stereocenters. The smallest absolute Gasteiger partial charge is 0.234 e. The predicted molar refractivity (Wildman–Crippen MR) is 91.2 cm³/mol. The highest BCUT2D eigenvalue weighted by Crippen LogP contribution is 2.29. The number of ether oxygens (including phenoxy) is 1. The number of amides is 2. The average molecular weight is 325 g/mol. The summed E-state index contributed by atoms with van der Waals surface area (Å²) in [5, 5.41) is 0.969. The number of nitrogens with zero attached hydrogens (tertiary/aromatic N) is 3. The standard InChI is InChI=1S/C18H19N3O3/c1-12-10-16(20-6-8-24-9-7-20)19-15-3-2-13(11-14(12)15)21-17(22)4-5-18(21)23/h2-3,10-11H,4-9H2,1H3. The Morgan fingerprint density at radius 1 is 1.04 bits per heavy atom. The lowest BCUT2D eigenvalue weighted by Gasteiger charge is -2.28. The maximum atomic E-state index is 11.9. The van der Waals surface area contributed by atoms with Gasteiger partial charge in [0.15, 0.2) is 0 Å². The van der Waals surface area contributed by atoms with E-state index in [4.69, 9.17) is 9.72 Å². The quantitative estimate of drug-likeness (QED) is 0.791. The van der Waals surface area contributed by atoms with Crippen LogP contribution >= 0.6 is 0 Å². The molecule has 0 spiro atoms. The zero-order chi connectivity index (χ0) is 16.7. The fraction of sp³-hybridized carbons (Fsp3) is 0.389. The third kappa shape index (κ3) is 2.53. The Morgan fingerprint density at radius 2 is 1.75 bits per heavy atom. The lowest BCUT2D eigenvalue weighted by molar-refractivity contribution is -0.121. The van der Waals surface area contributed by atoms with Crippen LogP contribution in [0.15, 0.2) is 24.3 Å². The highest BCUT2D eigenvalue weighted by molar-refractivity contribution is 6.20. The second-order valence-corrected chi connectivity index (χ2v) is 6.22. The van der Waals surface area contributed by atoms with Gasteiger partial charge in [-0.15, -0.1) is 0 Å². The van der Waals surface area contributed by atoms with E-state index in [9.17, 15) is 9.59 Å². The number of fused-ring (bicyclic) bond motifs is 1. The van der Waals surface area contributed by atoms with Crippen LogP contribution in [0.3, 0.4) is 0 Å². The van der Waals surface area contributed by atoms with Crippen molar-refractivity contribution < 1.29 is 14.3 Å². The summed E-state index contributed by atoms with van der Waals surface area (Å²) in [6.07, 6.45) is 0.591. The molecular formula is C18H19N3O3. The van der Waals surface area contributed by atoms with Crippen LogP contribution in [0.2, 0.25) is 0 Å². The second kappa shape index (κ2) is 5.87. The maximum absolute atomic E-state index is 11.9. The second-order valence-electron chi connectivity index (χ2n) is 6.22. The number of aromatic nitrogens is 1. The number of morpholine rings is 1. The molecule has 4 rings (SSSR count). The number of hydrogen-bond donors (Lipinski definition) is 0. The number of anilines is 2. The van der Waals surface area contributed by atoms with E-state index in [2.05, 4.69) is 11.0 Å². The van der Waals surface area contributed by atoms with Crippen molar-refractivity contribution in [1.82, 2.24) is 4.98 Å². The molecule has 2 amide bonds. The minimum atomic E-state index is -0.130. The van der Waals surface area contributed by atoms with Gasteiger partial charge in [-0.1, -0.05) is 0 Å². The monoisotopic (exact) mass is 325 g/mol. The minimum Gasteiger partial charge on any atom is -0.378 e. The zero-order valence-electron chi connectivity index (χ0n) is 13.6. The Bertz CT molecular complexity index is 812. The topological polar surface area (TPSA) is 62.7 Å². The van der Waals surface area contributed by atoms with Gasteiger partial charge in [-0.3, -0.25) is 14.5 Å². The first-order chi connectivity index (χ1) is 11.6. The van der Waals surface area contributed by atoms with Gasteiger partial charge < -0.3 is 9.64 Å². The van der Waals surface area contributed by atoms with Crippen LogP contribution in [0.25, 0.3) is 10.9 Å². The summed E-state index contributed by atoms with van der Waals surface area (Å²) >= 11 is 0. The van der Waals surface area contributed by atoms with E-state index in [-0.39, 0.29) is 11.8 Å². The van der Waals surface area contributed by atoms with Crippen LogP contribution in [0.1, 0.15) is 18.4 Å². The van der Waals surface area contributed by atoms with Gasteiger partial charge in [-0.25, -0.2) is 4.98 Å². The van der Waals surface area contributed by atoms with Gasteiger partial charge in [0.2, 0.25) is 11.8 Å². The summed E-state index contributed by atoms with van der Waals surface area (Å²) in [5.41, 5.74) is 2.60. The normalized spacial score (nSPS) is 18.7. The van der Waals surface area contributed by atoms with E-state index in [0.717, 1.165) is 48.6 Å². The van der Waals surface area contributed by atoms with E-state index >= 15 is 0 Å². The van der Waals surface area contributed by atoms with E-state index < -0.39 is 0 Å². The summed E-state index contributed by atoms with van der Waals surface area (Å²) < 4.78 is 5.39. The molecule has 0 bridgehead atoms. The Kier molecular flexibility index (Phi) is 3.69. The number of carbonyl (C=O) groups is 2. The molecule has 0 N–H and O–H groups in total. The van der Waals surface area contributed by atoms with Gasteiger partial charge >= 0.3 is 0 Å². The van der Waals surface area contributed by atoms with Crippen LogP contribution in [0.5, 0.6) is 0 Å². The van der Waals surface area contributed by atoms with Gasteiger partial charge in [-0.05, 0) is 36.8 Å². The molecule has 124 valence electrons. The van der Waals surface area contributed by atoms with Crippen molar-refractivity contribution in [2.75, 3.05) is 36.1 Å². The molecule has 3 heterocycles. The number of benzene rings is 1. The molecule has 0 saturated carbocycles. The molecular weight excluding hydrogens is 306 g/mol. The van der Waals surface area contributed by atoms with Crippen LogP contribution in [-0.4, -0.2) is 43.1 Å². The van der Waals surface area contributed by atoms with Crippen molar-refractivity contribution in [3.63, 3.8) is 0 Å². The maximum Gasteiger partial charge on any atom is 0.234 e. The molecule has 1 aromatic carbocycles. The Morgan fingerprint density at radius 3 is 2.46 bits per heavy atom. The summed E-state index contributed by atoms with van der Waals surface area (Å²) in [6, 6.07) is 7.65. The van der Waals surface area contributed by atoms with Crippen molar-refractivity contribution in [1.29, 1.82) is 0 Å². The lowest BCUT2D eigenvalue weighted by atomic mass is 10.1. The van der Waals surface area contributed by atoms with Crippen molar-refractivity contribution >= 4 is 34.2 Å². The average Bonchev–Trinajstić information content (AvgIpc) is 2.94. The number of imide groups is 1. The van der Waals surface area contributed by atoms with Gasteiger partial charge in [0, 0.05) is 31.3 Å². The summed E-state index contributed by atoms with van der Waals surface area (Å²) in [6.45, 7) is 5.15. The molecule has 2 saturated heterocycles. The van der Waals surface area contributed by atoms with Crippen LogP contribution in [-0.2, 0) is 14.3 Å². The first-order valence-corrected chi connectivity index (χ1v) is 8.23. The van der Waals surface area contributed by atoms with Crippen molar-refractivity contribution in [2.24, 2.45) is 0 Å². The van der Waals surface area contributed by atoms with Crippen molar-refractivity contribution in [3.8, 4) is 0 Å². The third-order valence-corrected chi connectivity index (χ3v) is 4.63. The molecule has 2 aliphatic heterocycles. The summed E-state index contributed by atoms with van der Waals surface area (Å²) in [4.78, 5) is 32.1. The first-order valence-electron chi connectivity index (χ1n) is 8.23. The highest BCUT2D eigenvalue weighted by Gasteiger charge is 2.30. The molecule has 1 aromatic heterocycles. The van der Waals surface area contributed by atoms with E-state index in [1.807, 2.05) is 19.1 Å². The summed E-state index contributed by atoms with van der Waals surface area (Å²) in [7, 11) is 0. The van der Waals surface area contributed by atoms with Crippen LogP contribution in [0.4, 0.5) is 11.5 Å². The van der Waals surface area contributed by atoms with Gasteiger partial charge in [-0.2, -0.15) is 0 Å². The first kappa shape index (κ1) is 15.1. The molecule has 6 nitrogen and oxygen atoms in total. The molecule has 24 heavy (non-hydrogen) atoms. The number of pyridine rings is 1. The van der Waals surface area contributed by atoms with Crippen LogP contribution in [0, 0.1) is 6.92 Å². The molecule has 0 aliphatic carbocycles. The SMILES string of the molecule is Cc1cc(N2CCOCC2)nc2ccc(N3C(=O)CCC3=O)cc12. The van der Waals surface area contributed by atoms with Gasteiger partial charge in [0.25, 0.3) is 0 Å². The highest BCUT2D eigenvalue weighted by atomic mass is 16.5. The minimum absolute atomic E-state index is 0.130. The molecule has 2 fully saturated rings. The zero-order valence-corrected chi connectivity index (χ0v) is 13.6. The Labute approximate surface area is 140 Å². The predicted octanol–water partition coefficient (Wildman–Crippen LogP) is 2.03.